The molecule has 0 radical (unpaired) electrons. The summed E-state index contributed by atoms with van der Waals surface area (Å²) in [7, 11) is 0. The third kappa shape index (κ3) is 3.93. The number of hydrogen-bond acceptors (Lipinski definition) is 2. The van der Waals surface area contributed by atoms with E-state index in [0.29, 0.717) is 15.8 Å². The van der Waals surface area contributed by atoms with Crippen molar-refractivity contribution in [2.75, 3.05) is 0 Å². The highest BCUT2D eigenvalue weighted by Crippen LogP contribution is 2.29. The predicted molar refractivity (Wildman–Crippen MR) is 87.4 cm³/mol. The summed E-state index contributed by atoms with van der Waals surface area (Å²) in [5.41, 5.74) is 0.789. The van der Waals surface area contributed by atoms with E-state index in [9.17, 15) is 4.79 Å². The Kier molecular flexibility index (Phi) is 4.55. The Balaban J connectivity index is 1.85. The van der Waals surface area contributed by atoms with Crippen LogP contribution in [0.4, 0.5) is 0 Å². The zero-order chi connectivity index (χ0) is 15.5. The Morgan fingerprint density at radius 3 is 2.32 bits per heavy atom. The molecular weight excluding hydrogens is 321 g/mol. The van der Waals surface area contributed by atoms with E-state index >= 15 is 0 Å². The molecule has 0 aliphatic heterocycles. The van der Waals surface area contributed by atoms with Gasteiger partial charge in [-0.15, -0.1) is 0 Å². The molecule has 3 nitrogen and oxygen atoms in total. The average molecular weight is 336 g/mol. The molecule has 0 aromatic heterocycles. The molecule has 0 bridgehead atoms. The summed E-state index contributed by atoms with van der Waals surface area (Å²) in [5.74, 6) is 0.321. The molecular formula is C17H15Cl2NO2. The molecule has 3 rings (SSSR count). The number of nitrogens with one attached hydrogen (secondary N) is 1. The SMILES string of the molecule is O=C(NC1CC1)C(Oc1cc(Cl)cc(Cl)c1)c1ccccc1. The van der Waals surface area contributed by atoms with Gasteiger partial charge in [0.25, 0.3) is 5.91 Å². The van der Waals surface area contributed by atoms with E-state index in [1.807, 2.05) is 30.3 Å². The zero-order valence-corrected chi connectivity index (χ0v) is 13.3. The first kappa shape index (κ1) is 15.2. The lowest BCUT2D eigenvalue weighted by atomic mass is 10.1. The summed E-state index contributed by atoms with van der Waals surface area (Å²) in [4.78, 5) is 12.5. The molecule has 2 aromatic carbocycles. The van der Waals surface area contributed by atoms with Crippen molar-refractivity contribution in [1.29, 1.82) is 0 Å². The summed E-state index contributed by atoms with van der Waals surface area (Å²) < 4.78 is 5.87. The molecule has 114 valence electrons. The number of ether oxygens (including phenoxy) is 1. The maximum atomic E-state index is 12.5. The fourth-order valence-corrected chi connectivity index (χ4v) is 2.64. The monoisotopic (exact) mass is 335 g/mol. The first-order valence-electron chi connectivity index (χ1n) is 7.10. The number of carbonyl (C=O) groups is 1. The van der Waals surface area contributed by atoms with Gasteiger partial charge in [0.2, 0.25) is 6.10 Å². The number of carbonyl (C=O) groups excluding carboxylic acids is 1. The van der Waals surface area contributed by atoms with E-state index in [2.05, 4.69) is 5.32 Å². The zero-order valence-electron chi connectivity index (χ0n) is 11.8. The number of amides is 1. The lowest BCUT2D eigenvalue weighted by molar-refractivity contribution is -0.128. The quantitative estimate of drug-likeness (QED) is 0.879. The third-order valence-electron chi connectivity index (χ3n) is 3.35. The smallest absolute Gasteiger partial charge is 0.266 e. The van der Waals surface area contributed by atoms with Gasteiger partial charge in [-0.2, -0.15) is 0 Å². The van der Waals surface area contributed by atoms with Crippen molar-refractivity contribution >= 4 is 29.1 Å². The Bertz CT molecular complexity index is 651. The number of hydrogen-bond donors (Lipinski definition) is 1. The van der Waals surface area contributed by atoms with E-state index in [0.717, 1.165) is 18.4 Å². The van der Waals surface area contributed by atoms with E-state index in [1.165, 1.54) is 0 Å². The molecule has 2 aromatic rings. The Hall–Kier alpha value is -1.71. The molecule has 1 aliphatic rings. The van der Waals surface area contributed by atoms with Gasteiger partial charge in [-0.05, 0) is 31.0 Å². The van der Waals surface area contributed by atoms with Gasteiger partial charge in [0.1, 0.15) is 5.75 Å². The van der Waals surface area contributed by atoms with Crippen LogP contribution in [0.5, 0.6) is 5.75 Å². The van der Waals surface area contributed by atoms with Crippen molar-refractivity contribution in [3.8, 4) is 5.75 Å². The van der Waals surface area contributed by atoms with Crippen LogP contribution in [0.1, 0.15) is 24.5 Å². The molecule has 1 saturated carbocycles. The molecule has 22 heavy (non-hydrogen) atoms. The molecule has 1 atom stereocenters. The lowest BCUT2D eigenvalue weighted by Gasteiger charge is -2.19. The van der Waals surface area contributed by atoms with Gasteiger partial charge in [0.15, 0.2) is 0 Å². The molecule has 5 heteroatoms. The van der Waals surface area contributed by atoms with Crippen LogP contribution in [0.25, 0.3) is 0 Å². The van der Waals surface area contributed by atoms with E-state index < -0.39 is 6.10 Å². The van der Waals surface area contributed by atoms with Crippen LogP contribution >= 0.6 is 23.2 Å². The predicted octanol–water partition coefficient (Wildman–Crippen LogP) is 4.39. The number of halogens is 2. The molecule has 1 amide bonds. The summed E-state index contributed by atoms with van der Waals surface area (Å²) in [5, 5.41) is 3.91. The maximum absolute atomic E-state index is 12.5. The standard InChI is InChI=1S/C17H15Cl2NO2/c18-12-8-13(19)10-15(9-12)22-16(11-4-2-1-3-5-11)17(21)20-14-6-7-14/h1-5,8-10,14,16H,6-7H2,(H,20,21). The lowest BCUT2D eigenvalue weighted by Crippen LogP contribution is -2.33. The summed E-state index contributed by atoms with van der Waals surface area (Å²) >= 11 is 12.0. The van der Waals surface area contributed by atoms with Crippen molar-refractivity contribution in [1.82, 2.24) is 5.32 Å². The van der Waals surface area contributed by atoms with Crippen LogP contribution in [-0.2, 0) is 4.79 Å². The molecule has 1 unspecified atom stereocenters. The van der Waals surface area contributed by atoms with Gasteiger partial charge in [-0.25, -0.2) is 0 Å². The second-order valence-electron chi connectivity index (χ2n) is 5.30. The van der Waals surface area contributed by atoms with Gasteiger partial charge < -0.3 is 10.1 Å². The average Bonchev–Trinajstić information content (AvgIpc) is 3.28. The largest absolute Gasteiger partial charge is 0.476 e. The van der Waals surface area contributed by atoms with Crippen molar-refractivity contribution in [2.45, 2.75) is 25.0 Å². The minimum Gasteiger partial charge on any atom is -0.476 e. The number of rotatable bonds is 5. The molecule has 0 heterocycles. The molecule has 1 fully saturated rings. The first-order chi connectivity index (χ1) is 10.6. The molecule has 0 saturated heterocycles. The summed E-state index contributed by atoms with van der Waals surface area (Å²) in [6.07, 6.45) is 1.32. The van der Waals surface area contributed by atoms with Crippen LogP contribution in [0, 0.1) is 0 Å². The minimum absolute atomic E-state index is 0.148. The molecule has 1 aliphatic carbocycles. The Morgan fingerprint density at radius 2 is 1.73 bits per heavy atom. The van der Waals surface area contributed by atoms with E-state index in [-0.39, 0.29) is 11.9 Å². The minimum atomic E-state index is -0.726. The highest BCUT2D eigenvalue weighted by Gasteiger charge is 2.29. The normalized spacial score (nSPS) is 15.2. The fraction of sp³-hybridized carbons (Fsp3) is 0.235. The highest BCUT2D eigenvalue weighted by atomic mass is 35.5. The van der Waals surface area contributed by atoms with Crippen LogP contribution < -0.4 is 10.1 Å². The van der Waals surface area contributed by atoms with Crippen LogP contribution in [-0.4, -0.2) is 11.9 Å². The van der Waals surface area contributed by atoms with Gasteiger partial charge in [0.05, 0.1) is 0 Å². The van der Waals surface area contributed by atoms with Crippen LogP contribution in [0.2, 0.25) is 10.0 Å². The highest BCUT2D eigenvalue weighted by molar-refractivity contribution is 6.34. The van der Waals surface area contributed by atoms with Crippen molar-refractivity contribution < 1.29 is 9.53 Å². The second-order valence-corrected chi connectivity index (χ2v) is 6.17. The maximum Gasteiger partial charge on any atom is 0.266 e. The van der Waals surface area contributed by atoms with Gasteiger partial charge in [-0.3, -0.25) is 4.79 Å². The Morgan fingerprint density at radius 1 is 1.09 bits per heavy atom. The third-order valence-corrected chi connectivity index (χ3v) is 3.79. The summed E-state index contributed by atoms with van der Waals surface area (Å²) in [6, 6.07) is 14.6. The Labute approximate surface area is 139 Å². The molecule has 1 N–H and O–H groups in total. The van der Waals surface area contributed by atoms with Crippen LogP contribution in [0.3, 0.4) is 0 Å². The van der Waals surface area contributed by atoms with Crippen LogP contribution in [0.15, 0.2) is 48.5 Å². The second kappa shape index (κ2) is 6.59. The van der Waals surface area contributed by atoms with Crippen molar-refractivity contribution in [3.63, 3.8) is 0 Å². The van der Waals surface area contributed by atoms with E-state index in [1.54, 1.807) is 18.2 Å². The van der Waals surface area contributed by atoms with Crippen molar-refractivity contribution in [2.24, 2.45) is 0 Å². The molecule has 0 spiro atoms. The van der Waals surface area contributed by atoms with Gasteiger partial charge in [0, 0.05) is 21.7 Å². The van der Waals surface area contributed by atoms with Gasteiger partial charge >= 0.3 is 0 Å². The van der Waals surface area contributed by atoms with Gasteiger partial charge in [-0.1, -0.05) is 53.5 Å². The fourth-order valence-electron chi connectivity index (χ4n) is 2.14. The first-order valence-corrected chi connectivity index (χ1v) is 7.85. The van der Waals surface area contributed by atoms with Crippen molar-refractivity contribution in [3.05, 3.63) is 64.1 Å². The topological polar surface area (TPSA) is 38.3 Å². The number of benzene rings is 2. The van der Waals surface area contributed by atoms with E-state index in [4.69, 9.17) is 27.9 Å². The summed E-state index contributed by atoms with van der Waals surface area (Å²) in [6.45, 7) is 0.